The van der Waals surface area contributed by atoms with Gasteiger partial charge in [0.25, 0.3) is 5.82 Å². The second kappa shape index (κ2) is 6.87. The number of rotatable bonds is 2. The molecular weight excluding hydrogens is 402 g/mol. The third-order valence-corrected chi connectivity index (χ3v) is 4.92. The van der Waals surface area contributed by atoms with Crippen LogP contribution >= 0.6 is 0 Å². The quantitative estimate of drug-likeness (QED) is 0.514. The van der Waals surface area contributed by atoms with Crippen molar-refractivity contribution in [2.45, 2.75) is 24.6 Å². The van der Waals surface area contributed by atoms with E-state index in [-0.39, 0.29) is 36.5 Å². The molecule has 1 aromatic carbocycles. The van der Waals surface area contributed by atoms with Crippen LogP contribution in [0.15, 0.2) is 24.3 Å². The molecule has 2 aromatic heterocycles. The summed E-state index contributed by atoms with van der Waals surface area (Å²) in [4.78, 5) is 1.64. The normalized spacial score (nSPS) is 20.4. The highest BCUT2D eigenvalue weighted by Crippen LogP contribution is 2.32. The molecule has 0 bridgehead atoms. The average Bonchev–Trinajstić information content (AvgIpc) is 3.08. The summed E-state index contributed by atoms with van der Waals surface area (Å²) in [7, 11) is 0. The van der Waals surface area contributed by atoms with Crippen molar-refractivity contribution in [1.29, 1.82) is 0 Å². The Kier molecular flexibility index (Phi) is 4.60. The summed E-state index contributed by atoms with van der Waals surface area (Å²) in [6, 6.07) is 3.42. The highest BCUT2D eigenvalue weighted by Gasteiger charge is 2.38. The van der Waals surface area contributed by atoms with Crippen LogP contribution in [0, 0.1) is 17.5 Å². The van der Waals surface area contributed by atoms with Crippen molar-refractivity contribution in [2.24, 2.45) is 5.73 Å². The van der Waals surface area contributed by atoms with Gasteiger partial charge >= 0.3 is 6.18 Å². The van der Waals surface area contributed by atoms with E-state index in [1.54, 1.807) is 4.90 Å². The number of piperidine rings is 1. The second-order valence-electron chi connectivity index (χ2n) is 6.78. The molecule has 0 saturated carbocycles. The summed E-state index contributed by atoms with van der Waals surface area (Å²) in [5.41, 5.74) is 6.03. The summed E-state index contributed by atoms with van der Waals surface area (Å²) >= 11 is 0. The molecule has 1 aliphatic heterocycles. The van der Waals surface area contributed by atoms with E-state index in [4.69, 9.17) is 5.73 Å². The fraction of sp³-hybridized carbons (Fsp3) is 0.353. The fourth-order valence-corrected chi connectivity index (χ4v) is 3.52. The molecule has 0 aliphatic carbocycles. The maximum atomic E-state index is 14.1. The van der Waals surface area contributed by atoms with Crippen molar-refractivity contribution < 1.29 is 26.3 Å². The molecule has 2 atom stereocenters. The monoisotopic (exact) mass is 416 g/mol. The first kappa shape index (κ1) is 19.4. The summed E-state index contributed by atoms with van der Waals surface area (Å²) in [5, 5.41) is 10.5. The van der Waals surface area contributed by atoms with Crippen molar-refractivity contribution >= 4 is 11.5 Å². The van der Waals surface area contributed by atoms with Crippen molar-refractivity contribution in [2.75, 3.05) is 18.0 Å². The number of benzene rings is 1. The zero-order valence-corrected chi connectivity index (χ0v) is 14.7. The van der Waals surface area contributed by atoms with Gasteiger partial charge in [-0.2, -0.15) is 17.7 Å². The Bertz CT molecular complexity index is 1060. The van der Waals surface area contributed by atoms with Gasteiger partial charge < -0.3 is 10.6 Å². The van der Waals surface area contributed by atoms with Crippen LogP contribution in [0.5, 0.6) is 0 Å². The van der Waals surface area contributed by atoms with E-state index in [2.05, 4.69) is 15.3 Å². The molecule has 29 heavy (non-hydrogen) atoms. The van der Waals surface area contributed by atoms with Gasteiger partial charge in [-0.05, 0) is 30.2 Å². The molecule has 4 rings (SSSR count). The Labute approximate surface area is 159 Å². The van der Waals surface area contributed by atoms with Crippen molar-refractivity contribution in [3.8, 4) is 0 Å². The van der Waals surface area contributed by atoms with Crippen molar-refractivity contribution in [3.63, 3.8) is 0 Å². The molecule has 1 aliphatic rings. The standard InChI is InChI=1S/C17H14F6N6/c18-10-6-12(20)11(19)5-9(10)8-3-4-28(7-13(8)24)15-2-1-14-25-26-16(17(21,22)23)29(14)27-15/h1-2,5-6,8,13H,3-4,7,24H2/t8-,13?/m1/s1. The van der Waals surface area contributed by atoms with Crippen LogP contribution in [0.1, 0.15) is 23.7 Å². The Hall–Kier alpha value is -2.89. The third-order valence-electron chi connectivity index (χ3n) is 4.92. The minimum Gasteiger partial charge on any atom is -0.354 e. The van der Waals surface area contributed by atoms with Crippen LogP contribution in [0.2, 0.25) is 0 Å². The van der Waals surface area contributed by atoms with Gasteiger partial charge in [0.05, 0.1) is 0 Å². The molecule has 12 heteroatoms. The zero-order chi connectivity index (χ0) is 20.9. The van der Waals surface area contributed by atoms with Gasteiger partial charge in [0.1, 0.15) is 11.6 Å². The lowest BCUT2D eigenvalue weighted by Crippen LogP contribution is -2.48. The maximum absolute atomic E-state index is 14.1. The Morgan fingerprint density at radius 3 is 2.41 bits per heavy atom. The molecule has 154 valence electrons. The number of alkyl halides is 3. The van der Waals surface area contributed by atoms with E-state index >= 15 is 0 Å². The van der Waals surface area contributed by atoms with Gasteiger partial charge in [-0.25, -0.2) is 13.2 Å². The molecule has 1 saturated heterocycles. The van der Waals surface area contributed by atoms with E-state index in [0.29, 0.717) is 10.6 Å². The van der Waals surface area contributed by atoms with Crippen LogP contribution in [-0.2, 0) is 6.18 Å². The molecule has 3 heterocycles. The average molecular weight is 416 g/mol. The minimum atomic E-state index is -4.72. The fourth-order valence-electron chi connectivity index (χ4n) is 3.52. The Morgan fingerprint density at radius 1 is 1.00 bits per heavy atom. The predicted molar refractivity (Wildman–Crippen MR) is 89.6 cm³/mol. The zero-order valence-electron chi connectivity index (χ0n) is 14.7. The number of aromatic nitrogens is 4. The van der Waals surface area contributed by atoms with E-state index < -0.39 is 41.4 Å². The van der Waals surface area contributed by atoms with Crippen LogP contribution in [0.4, 0.5) is 32.2 Å². The smallest absolute Gasteiger partial charge is 0.354 e. The number of halogens is 6. The van der Waals surface area contributed by atoms with E-state index in [0.717, 1.165) is 6.07 Å². The number of fused-ring (bicyclic) bond motifs is 1. The molecular formula is C17H14F6N6. The first-order valence-electron chi connectivity index (χ1n) is 8.60. The van der Waals surface area contributed by atoms with Crippen LogP contribution in [0.25, 0.3) is 5.65 Å². The Morgan fingerprint density at radius 2 is 1.72 bits per heavy atom. The number of anilines is 1. The predicted octanol–water partition coefficient (Wildman–Crippen LogP) is 2.88. The van der Waals surface area contributed by atoms with Crippen LogP contribution in [-0.4, -0.2) is 38.9 Å². The molecule has 3 aromatic rings. The molecule has 0 radical (unpaired) electrons. The number of nitrogens with two attached hydrogens (primary N) is 1. The van der Waals surface area contributed by atoms with Gasteiger partial charge in [0, 0.05) is 31.1 Å². The van der Waals surface area contributed by atoms with Crippen LogP contribution in [0.3, 0.4) is 0 Å². The first-order valence-corrected chi connectivity index (χ1v) is 8.60. The topological polar surface area (TPSA) is 72.3 Å². The lowest BCUT2D eigenvalue weighted by molar-refractivity contribution is -0.146. The van der Waals surface area contributed by atoms with E-state index in [9.17, 15) is 26.3 Å². The maximum Gasteiger partial charge on any atom is 0.453 e. The molecule has 1 unspecified atom stereocenters. The van der Waals surface area contributed by atoms with E-state index in [1.807, 2.05) is 0 Å². The Balaban J connectivity index is 1.60. The summed E-state index contributed by atoms with van der Waals surface area (Å²) in [6.45, 7) is 0.407. The SMILES string of the molecule is NC1CN(c2ccc3nnc(C(F)(F)F)n3n2)CC[C@@H]1c1cc(F)c(F)cc1F. The van der Waals surface area contributed by atoms with Gasteiger partial charge in [-0.15, -0.1) is 15.3 Å². The van der Waals surface area contributed by atoms with Gasteiger partial charge in [0.15, 0.2) is 17.3 Å². The molecule has 2 N–H and O–H groups in total. The third kappa shape index (κ3) is 3.48. The molecule has 6 nitrogen and oxygen atoms in total. The number of hydrogen-bond donors (Lipinski definition) is 1. The number of hydrogen-bond acceptors (Lipinski definition) is 5. The molecule has 0 amide bonds. The number of nitrogens with zero attached hydrogens (tertiary/aromatic N) is 5. The highest BCUT2D eigenvalue weighted by molar-refractivity contribution is 5.47. The van der Waals surface area contributed by atoms with E-state index in [1.165, 1.54) is 12.1 Å². The summed E-state index contributed by atoms with van der Waals surface area (Å²) in [6.07, 6.45) is -4.45. The molecule has 1 fully saturated rings. The second-order valence-corrected chi connectivity index (χ2v) is 6.78. The van der Waals surface area contributed by atoms with Gasteiger partial charge in [0.2, 0.25) is 0 Å². The van der Waals surface area contributed by atoms with Gasteiger partial charge in [-0.3, -0.25) is 0 Å². The first-order chi connectivity index (χ1) is 13.6. The summed E-state index contributed by atoms with van der Waals surface area (Å²) < 4.78 is 80.5. The lowest BCUT2D eigenvalue weighted by atomic mass is 9.85. The minimum absolute atomic E-state index is 0.0300. The molecule has 0 spiro atoms. The van der Waals surface area contributed by atoms with Crippen molar-refractivity contribution in [3.05, 3.63) is 53.1 Å². The summed E-state index contributed by atoms with van der Waals surface area (Å²) in [5.74, 6) is -4.97. The van der Waals surface area contributed by atoms with Gasteiger partial charge in [-0.1, -0.05) is 0 Å². The highest BCUT2D eigenvalue weighted by atomic mass is 19.4. The van der Waals surface area contributed by atoms with Crippen molar-refractivity contribution in [1.82, 2.24) is 19.8 Å². The largest absolute Gasteiger partial charge is 0.453 e. The van der Waals surface area contributed by atoms with Crippen LogP contribution < -0.4 is 10.6 Å². The lowest BCUT2D eigenvalue weighted by Gasteiger charge is -2.37.